The second-order valence-electron chi connectivity index (χ2n) is 2.92. The number of alkyl halides is 3. The van der Waals surface area contributed by atoms with Crippen molar-refractivity contribution in [3.05, 3.63) is 39.2 Å². The van der Waals surface area contributed by atoms with Gasteiger partial charge in [-0.3, -0.25) is 0 Å². The average molecular weight is 287 g/mol. The van der Waals surface area contributed by atoms with Gasteiger partial charge in [-0.2, -0.15) is 13.2 Å². The maximum absolute atomic E-state index is 12.7. The third kappa shape index (κ3) is 3.61. The van der Waals surface area contributed by atoms with E-state index in [0.29, 0.717) is 0 Å². The molecule has 16 heavy (non-hydrogen) atoms. The molecule has 0 spiro atoms. The van der Waals surface area contributed by atoms with Crippen LogP contribution in [0.5, 0.6) is 0 Å². The molecule has 1 aromatic carbocycles. The molecule has 0 aromatic heterocycles. The maximum Gasteiger partial charge on any atom is 0.417 e. The largest absolute Gasteiger partial charge is 0.417 e. The Labute approximate surface area is 105 Å². The molecule has 1 aromatic rings. The molecule has 0 bridgehead atoms. The number of allylic oxidation sites excluding steroid dienone is 1. The molecule has 0 unspecified atom stereocenters. The van der Waals surface area contributed by atoms with E-state index in [4.69, 9.17) is 23.2 Å². The zero-order chi connectivity index (χ0) is 12.3. The summed E-state index contributed by atoms with van der Waals surface area (Å²) in [5.41, 5.74) is -0.774. The molecule has 6 heteroatoms. The SMILES string of the molecule is CS/C=C(/c1cc(Cl)cc(Cl)c1)C(F)(F)F. The summed E-state index contributed by atoms with van der Waals surface area (Å²) < 4.78 is 38.1. The quantitative estimate of drug-likeness (QED) is 0.715. The average Bonchev–Trinajstić information content (AvgIpc) is 2.10. The topological polar surface area (TPSA) is 0 Å². The van der Waals surface area contributed by atoms with Crippen molar-refractivity contribution in [3.63, 3.8) is 0 Å². The molecule has 88 valence electrons. The van der Waals surface area contributed by atoms with Crippen LogP contribution in [-0.2, 0) is 0 Å². The molecule has 0 N–H and O–H groups in total. The Morgan fingerprint density at radius 2 is 1.69 bits per heavy atom. The van der Waals surface area contributed by atoms with Gasteiger partial charge in [0.05, 0.1) is 5.57 Å². The highest BCUT2D eigenvalue weighted by Gasteiger charge is 2.34. The lowest BCUT2D eigenvalue weighted by Gasteiger charge is -2.12. The van der Waals surface area contributed by atoms with E-state index in [0.717, 1.165) is 17.2 Å². The predicted molar refractivity (Wildman–Crippen MR) is 64.0 cm³/mol. The standard InChI is InChI=1S/C10H7Cl2F3S/c1-16-5-9(10(13,14)15)6-2-7(11)4-8(12)3-6/h2-5H,1H3/b9-5-. The van der Waals surface area contributed by atoms with Crippen LogP contribution < -0.4 is 0 Å². The summed E-state index contributed by atoms with van der Waals surface area (Å²) >= 11 is 12.3. The van der Waals surface area contributed by atoms with E-state index in [9.17, 15) is 13.2 Å². The van der Waals surface area contributed by atoms with Gasteiger partial charge in [0.1, 0.15) is 0 Å². The zero-order valence-corrected chi connectivity index (χ0v) is 10.4. The lowest BCUT2D eigenvalue weighted by molar-refractivity contribution is -0.0687. The van der Waals surface area contributed by atoms with Gasteiger partial charge in [0.2, 0.25) is 0 Å². The molecule has 1 rings (SSSR count). The summed E-state index contributed by atoms with van der Waals surface area (Å²) in [7, 11) is 0. The lowest BCUT2D eigenvalue weighted by Crippen LogP contribution is -2.10. The second-order valence-corrected chi connectivity index (χ2v) is 4.50. The highest BCUT2D eigenvalue weighted by atomic mass is 35.5. The molecule has 0 atom stereocenters. The predicted octanol–water partition coefficient (Wildman–Crippen LogP) is 5.26. The van der Waals surface area contributed by atoms with Gasteiger partial charge in [-0.1, -0.05) is 23.2 Å². The number of hydrogen-bond acceptors (Lipinski definition) is 1. The van der Waals surface area contributed by atoms with E-state index in [1.54, 1.807) is 6.26 Å². The fraction of sp³-hybridized carbons (Fsp3) is 0.200. The van der Waals surface area contributed by atoms with Gasteiger partial charge < -0.3 is 0 Å². The van der Waals surface area contributed by atoms with E-state index >= 15 is 0 Å². The number of rotatable bonds is 2. The van der Waals surface area contributed by atoms with Crippen molar-refractivity contribution < 1.29 is 13.2 Å². The molecule has 0 aliphatic heterocycles. The van der Waals surface area contributed by atoms with Gasteiger partial charge in [-0.15, -0.1) is 11.8 Å². The van der Waals surface area contributed by atoms with Crippen LogP contribution in [0.25, 0.3) is 5.57 Å². The van der Waals surface area contributed by atoms with Crippen molar-refractivity contribution in [2.75, 3.05) is 6.26 Å². The molecule has 0 nitrogen and oxygen atoms in total. The first-order valence-electron chi connectivity index (χ1n) is 4.11. The summed E-state index contributed by atoms with van der Waals surface area (Å²) in [6, 6.07) is 3.87. The van der Waals surface area contributed by atoms with Crippen LogP contribution in [0, 0.1) is 0 Å². The van der Waals surface area contributed by atoms with E-state index < -0.39 is 11.7 Å². The molecule has 0 saturated carbocycles. The Morgan fingerprint density at radius 1 is 1.19 bits per heavy atom. The van der Waals surface area contributed by atoms with Crippen molar-refractivity contribution in [2.45, 2.75) is 6.18 Å². The van der Waals surface area contributed by atoms with Crippen molar-refractivity contribution in [1.29, 1.82) is 0 Å². The molecular formula is C10H7Cl2F3S. The number of halogens is 5. The van der Waals surface area contributed by atoms with Crippen LogP contribution in [0.15, 0.2) is 23.6 Å². The van der Waals surface area contributed by atoms with Gasteiger partial charge in [-0.25, -0.2) is 0 Å². The van der Waals surface area contributed by atoms with Crippen LogP contribution in [0.3, 0.4) is 0 Å². The fourth-order valence-electron chi connectivity index (χ4n) is 1.13. The summed E-state index contributed by atoms with van der Waals surface area (Å²) in [6.45, 7) is 0. The summed E-state index contributed by atoms with van der Waals surface area (Å²) in [4.78, 5) is 0. The third-order valence-electron chi connectivity index (χ3n) is 1.71. The monoisotopic (exact) mass is 286 g/mol. The van der Waals surface area contributed by atoms with Gasteiger partial charge in [0.15, 0.2) is 0 Å². The second kappa shape index (κ2) is 5.34. The molecular weight excluding hydrogens is 280 g/mol. The number of thioether (sulfide) groups is 1. The highest BCUT2D eigenvalue weighted by Crippen LogP contribution is 2.37. The Kier molecular flexibility index (Phi) is 4.59. The van der Waals surface area contributed by atoms with Crippen molar-refractivity contribution in [3.8, 4) is 0 Å². The van der Waals surface area contributed by atoms with Crippen LogP contribution in [-0.4, -0.2) is 12.4 Å². The molecule has 0 aliphatic carbocycles. The summed E-state index contributed by atoms with van der Waals surface area (Å²) in [6.07, 6.45) is -2.87. The number of hydrogen-bond donors (Lipinski definition) is 0. The Hall–Kier alpha value is -0.320. The van der Waals surface area contributed by atoms with E-state index in [1.165, 1.54) is 18.2 Å². The van der Waals surface area contributed by atoms with Gasteiger partial charge in [-0.05, 0) is 35.4 Å². The first kappa shape index (κ1) is 13.7. The Morgan fingerprint density at radius 3 is 2.06 bits per heavy atom. The van der Waals surface area contributed by atoms with E-state index in [-0.39, 0.29) is 15.6 Å². The van der Waals surface area contributed by atoms with Gasteiger partial charge in [0, 0.05) is 10.0 Å². The molecule has 0 radical (unpaired) electrons. The fourth-order valence-corrected chi connectivity index (χ4v) is 2.16. The molecule has 0 amide bonds. The van der Waals surface area contributed by atoms with Crippen LogP contribution in [0.2, 0.25) is 10.0 Å². The van der Waals surface area contributed by atoms with Crippen molar-refractivity contribution in [1.82, 2.24) is 0 Å². The normalized spacial score (nSPS) is 13.0. The minimum absolute atomic E-state index is 0.0284. The highest BCUT2D eigenvalue weighted by molar-refractivity contribution is 8.01. The first-order chi connectivity index (χ1) is 7.34. The number of benzene rings is 1. The van der Waals surface area contributed by atoms with Gasteiger partial charge >= 0.3 is 6.18 Å². The van der Waals surface area contributed by atoms with Gasteiger partial charge in [0.25, 0.3) is 0 Å². The third-order valence-corrected chi connectivity index (χ3v) is 2.62. The Bertz CT molecular complexity index is 393. The smallest absolute Gasteiger partial charge is 0.166 e. The van der Waals surface area contributed by atoms with Crippen molar-refractivity contribution in [2.24, 2.45) is 0 Å². The summed E-state index contributed by atoms with van der Waals surface area (Å²) in [5, 5.41) is 1.39. The first-order valence-corrected chi connectivity index (χ1v) is 6.15. The van der Waals surface area contributed by atoms with Crippen LogP contribution in [0.4, 0.5) is 13.2 Å². The van der Waals surface area contributed by atoms with Crippen molar-refractivity contribution >= 4 is 40.5 Å². The van der Waals surface area contributed by atoms with Crippen LogP contribution in [0.1, 0.15) is 5.56 Å². The van der Waals surface area contributed by atoms with Crippen LogP contribution >= 0.6 is 35.0 Å². The van der Waals surface area contributed by atoms with E-state index in [1.807, 2.05) is 0 Å². The zero-order valence-electron chi connectivity index (χ0n) is 8.11. The lowest BCUT2D eigenvalue weighted by atomic mass is 10.1. The maximum atomic E-state index is 12.7. The minimum atomic E-state index is -4.42. The molecule has 0 aliphatic rings. The molecule has 0 saturated heterocycles. The molecule has 0 fully saturated rings. The Balaban J connectivity index is 3.27. The molecule has 0 heterocycles. The van der Waals surface area contributed by atoms with E-state index in [2.05, 4.69) is 0 Å². The summed E-state index contributed by atoms with van der Waals surface area (Å²) in [5.74, 6) is 0. The minimum Gasteiger partial charge on any atom is -0.166 e.